The second-order valence-corrected chi connectivity index (χ2v) is 5.52. The lowest BCUT2D eigenvalue weighted by Gasteiger charge is -2.42. The van der Waals surface area contributed by atoms with E-state index in [1.54, 1.807) is 38.1 Å². The Balaban J connectivity index is 2.44. The molecule has 1 aromatic rings. The summed E-state index contributed by atoms with van der Waals surface area (Å²) >= 11 is 0. The van der Waals surface area contributed by atoms with Crippen molar-refractivity contribution in [3.8, 4) is 11.8 Å². The van der Waals surface area contributed by atoms with Gasteiger partial charge in [0, 0.05) is 12.0 Å². The standard InChI is InChI=1S/C14H15F3N2O/c1-12(2)7-13(8-18,19-9-14(15,16)17)10-5-3-4-6-11(10)20-12/h3-6,19H,7,9H2,1-2H3. The SMILES string of the molecule is CC1(C)CC(C#N)(NCC(F)(F)F)c2ccccc2O1. The molecular weight excluding hydrogens is 269 g/mol. The molecule has 0 saturated heterocycles. The fourth-order valence-corrected chi connectivity index (χ4v) is 2.52. The molecule has 1 N–H and O–H groups in total. The van der Waals surface area contributed by atoms with Crippen LogP contribution in [0.3, 0.4) is 0 Å². The Bertz CT molecular complexity index is 548. The molecule has 20 heavy (non-hydrogen) atoms. The van der Waals surface area contributed by atoms with Gasteiger partial charge in [0.2, 0.25) is 0 Å². The van der Waals surface area contributed by atoms with Gasteiger partial charge in [0.15, 0.2) is 0 Å². The van der Waals surface area contributed by atoms with Crippen molar-refractivity contribution in [1.82, 2.24) is 5.32 Å². The second kappa shape index (κ2) is 4.67. The first-order valence-electron chi connectivity index (χ1n) is 6.19. The number of nitrogens with zero attached hydrogens (tertiary/aromatic N) is 1. The summed E-state index contributed by atoms with van der Waals surface area (Å²) in [5, 5.41) is 11.9. The third kappa shape index (κ3) is 2.88. The number of hydrogen-bond acceptors (Lipinski definition) is 3. The van der Waals surface area contributed by atoms with Crippen LogP contribution in [-0.4, -0.2) is 18.3 Å². The van der Waals surface area contributed by atoms with Crippen LogP contribution in [-0.2, 0) is 5.54 Å². The van der Waals surface area contributed by atoms with Gasteiger partial charge >= 0.3 is 6.18 Å². The average molecular weight is 284 g/mol. The van der Waals surface area contributed by atoms with Gasteiger partial charge in [-0.2, -0.15) is 18.4 Å². The Morgan fingerprint density at radius 3 is 2.60 bits per heavy atom. The zero-order valence-corrected chi connectivity index (χ0v) is 11.2. The summed E-state index contributed by atoms with van der Waals surface area (Å²) in [5.41, 5.74) is -1.66. The van der Waals surface area contributed by atoms with Crippen LogP contribution in [0.15, 0.2) is 24.3 Å². The Hall–Kier alpha value is -1.74. The molecule has 0 aromatic heterocycles. The molecule has 1 heterocycles. The number of halogens is 3. The van der Waals surface area contributed by atoms with Crippen molar-refractivity contribution in [2.75, 3.05) is 6.54 Å². The molecule has 108 valence electrons. The molecule has 0 spiro atoms. The predicted molar refractivity (Wildman–Crippen MR) is 67.1 cm³/mol. The van der Waals surface area contributed by atoms with Gasteiger partial charge in [0.25, 0.3) is 0 Å². The number of ether oxygens (including phenoxy) is 1. The first-order chi connectivity index (χ1) is 9.18. The molecule has 1 unspecified atom stereocenters. The molecule has 1 aliphatic heterocycles. The number of para-hydroxylation sites is 1. The van der Waals surface area contributed by atoms with Crippen molar-refractivity contribution in [1.29, 1.82) is 5.26 Å². The van der Waals surface area contributed by atoms with Crippen LogP contribution in [0.4, 0.5) is 13.2 Å². The number of nitrogens with one attached hydrogen (secondary N) is 1. The van der Waals surface area contributed by atoms with E-state index in [1.807, 2.05) is 6.07 Å². The van der Waals surface area contributed by atoms with E-state index in [1.165, 1.54) is 0 Å². The predicted octanol–water partition coefficient (Wildman–Crippen LogP) is 3.12. The summed E-state index contributed by atoms with van der Waals surface area (Å²) in [6, 6.07) is 8.71. The first-order valence-corrected chi connectivity index (χ1v) is 6.19. The minimum absolute atomic E-state index is 0.142. The molecule has 0 aliphatic carbocycles. The minimum atomic E-state index is -4.37. The molecule has 2 rings (SSSR count). The van der Waals surface area contributed by atoms with Crippen molar-refractivity contribution >= 4 is 0 Å². The summed E-state index contributed by atoms with van der Waals surface area (Å²) in [6.45, 7) is 2.29. The van der Waals surface area contributed by atoms with E-state index in [2.05, 4.69) is 5.32 Å². The fraction of sp³-hybridized carbons (Fsp3) is 0.500. The molecule has 0 fully saturated rings. The molecule has 1 aromatic carbocycles. The lowest BCUT2D eigenvalue weighted by molar-refractivity contribution is -0.129. The molecule has 0 radical (unpaired) electrons. The summed E-state index contributed by atoms with van der Waals surface area (Å²) in [5.74, 6) is 0.444. The van der Waals surface area contributed by atoms with Crippen LogP contribution < -0.4 is 10.1 Å². The highest BCUT2D eigenvalue weighted by Crippen LogP contribution is 2.43. The van der Waals surface area contributed by atoms with Gasteiger partial charge in [-0.1, -0.05) is 18.2 Å². The largest absolute Gasteiger partial charge is 0.487 e. The Kier molecular flexibility index (Phi) is 3.42. The Morgan fingerprint density at radius 1 is 1.35 bits per heavy atom. The lowest BCUT2D eigenvalue weighted by Crippen LogP contribution is -2.53. The van der Waals surface area contributed by atoms with E-state index in [0.29, 0.717) is 11.3 Å². The van der Waals surface area contributed by atoms with Crippen molar-refractivity contribution in [2.24, 2.45) is 0 Å². The van der Waals surface area contributed by atoms with E-state index in [0.717, 1.165) is 0 Å². The molecule has 0 bridgehead atoms. The molecule has 1 aliphatic rings. The molecule has 0 amide bonds. The van der Waals surface area contributed by atoms with E-state index in [4.69, 9.17) is 4.74 Å². The van der Waals surface area contributed by atoms with Crippen LogP contribution in [0.2, 0.25) is 0 Å². The maximum atomic E-state index is 12.5. The van der Waals surface area contributed by atoms with Gasteiger partial charge in [-0.3, -0.25) is 5.32 Å². The number of alkyl halides is 3. The summed E-state index contributed by atoms with van der Waals surface area (Å²) in [4.78, 5) is 0. The number of nitriles is 1. The van der Waals surface area contributed by atoms with E-state index in [-0.39, 0.29) is 6.42 Å². The highest BCUT2D eigenvalue weighted by Gasteiger charge is 2.47. The molecular formula is C14H15F3N2O. The molecule has 1 atom stereocenters. The van der Waals surface area contributed by atoms with Gasteiger partial charge in [-0.05, 0) is 19.9 Å². The summed E-state index contributed by atoms with van der Waals surface area (Å²) < 4.78 is 43.2. The maximum Gasteiger partial charge on any atom is 0.401 e. The van der Waals surface area contributed by atoms with Crippen LogP contribution in [0.1, 0.15) is 25.8 Å². The molecule has 3 nitrogen and oxygen atoms in total. The third-order valence-electron chi connectivity index (χ3n) is 3.21. The summed E-state index contributed by atoms with van der Waals surface area (Å²) in [6.07, 6.45) is -4.23. The van der Waals surface area contributed by atoms with Gasteiger partial charge in [-0.25, -0.2) is 0 Å². The molecule has 6 heteroatoms. The number of benzene rings is 1. The Morgan fingerprint density at radius 2 is 2.00 bits per heavy atom. The number of hydrogen-bond donors (Lipinski definition) is 1. The van der Waals surface area contributed by atoms with E-state index in [9.17, 15) is 18.4 Å². The zero-order valence-electron chi connectivity index (χ0n) is 11.2. The lowest BCUT2D eigenvalue weighted by atomic mass is 9.78. The normalized spacial score (nSPS) is 24.4. The number of fused-ring (bicyclic) bond motifs is 1. The van der Waals surface area contributed by atoms with Crippen LogP contribution in [0.25, 0.3) is 0 Å². The fourth-order valence-electron chi connectivity index (χ4n) is 2.52. The van der Waals surface area contributed by atoms with Crippen molar-refractivity contribution in [3.63, 3.8) is 0 Å². The topological polar surface area (TPSA) is 45.0 Å². The third-order valence-corrected chi connectivity index (χ3v) is 3.21. The van der Waals surface area contributed by atoms with Gasteiger partial charge in [0.05, 0.1) is 12.6 Å². The Labute approximate surface area is 115 Å². The quantitative estimate of drug-likeness (QED) is 0.907. The van der Waals surface area contributed by atoms with Crippen LogP contribution >= 0.6 is 0 Å². The van der Waals surface area contributed by atoms with Crippen LogP contribution in [0.5, 0.6) is 5.75 Å². The summed E-state index contributed by atoms with van der Waals surface area (Å²) in [7, 11) is 0. The second-order valence-electron chi connectivity index (χ2n) is 5.52. The van der Waals surface area contributed by atoms with E-state index >= 15 is 0 Å². The molecule has 0 saturated carbocycles. The van der Waals surface area contributed by atoms with Gasteiger partial charge in [0.1, 0.15) is 16.9 Å². The highest BCUT2D eigenvalue weighted by atomic mass is 19.4. The van der Waals surface area contributed by atoms with Gasteiger partial charge in [-0.15, -0.1) is 0 Å². The highest BCUT2D eigenvalue weighted by molar-refractivity contribution is 5.46. The average Bonchev–Trinajstić information content (AvgIpc) is 2.34. The number of rotatable bonds is 2. The van der Waals surface area contributed by atoms with Crippen molar-refractivity contribution < 1.29 is 17.9 Å². The van der Waals surface area contributed by atoms with Crippen LogP contribution in [0, 0.1) is 11.3 Å². The van der Waals surface area contributed by atoms with Crippen molar-refractivity contribution in [2.45, 2.75) is 37.6 Å². The maximum absolute atomic E-state index is 12.5. The smallest absolute Gasteiger partial charge is 0.401 e. The minimum Gasteiger partial charge on any atom is -0.487 e. The van der Waals surface area contributed by atoms with Gasteiger partial charge < -0.3 is 4.74 Å². The monoisotopic (exact) mass is 284 g/mol. The first kappa shape index (κ1) is 14.7. The van der Waals surface area contributed by atoms with Crippen molar-refractivity contribution in [3.05, 3.63) is 29.8 Å². The van der Waals surface area contributed by atoms with E-state index < -0.39 is 23.9 Å². The zero-order chi connectivity index (χ0) is 15.0.